The molecular weight excluding hydrogens is 699 g/mol. The van der Waals surface area contributed by atoms with Crippen LogP contribution in [0, 0.1) is 23.7 Å². The van der Waals surface area contributed by atoms with E-state index in [1.807, 2.05) is 6.20 Å². The molecule has 0 N–H and O–H groups in total. The van der Waals surface area contributed by atoms with Crippen molar-refractivity contribution in [3.05, 3.63) is 175 Å². The SMILES string of the molecule is c1ccc(N2CN(c3cncc(Oc4ccc5c6ccccc6n(-c6cc(C7(c8ccccc8)C8CC9CC(C8)CC7C9)ccn6)c5c4)c3)c3ccccc32)cc1. The molecule has 57 heavy (non-hydrogen) atoms. The first-order valence-corrected chi connectivity index (χ1v) is 20.6. The Balaban J connectivity index is 0.932. The van der Waals surface area contributed by atoms with E-state index >= 15 is 0 Å². The third kappa shape index (κ3) is 5.09. The van der Waals surface area contributed by atoms with E-state index in [1.165, 1.54) is 59.7 Å². The van der Waals surface area contributed by atoms with E-state index in [9.17, 15) is 0 Å². The van der Waals surface area contributed by atoms with E-state index < -0.39 is 0 Å². The zero-order chi connectivity index (χ0) is 37.5. The summed E-state index contributed by atoms with van der Waals surface area (Å²) in [7, 11) is 0. The number of pyridine rings is 2. The van der Waals surface area contributed by atoms with Gasteiger partial charge in [-0.15, -0.1) is 0 Å². The first kappa shape index (κ1) is 32.8. The molecule has 4 aliphatic carbocycles. The summed E-state index contributed by atoms with van der Waals surface area (Å²) in [6.45, 7) is 0.681. The fourth-order valence-corrected chi connectivity index (χ4v) is 11.8. The number of hydrogen-bond donors (Lipinski definition) is 0. The highest BCUT2D eigenvalue weighted by atomic mass is 16.5. The van der Waals surface area contributed by atoms with Gasteiger partial charge in [0.2, 0.25) is 0 Å². The van der Waals surface area contributed by atoms with Gasteiger partial charge >= 0.3 is 0 Å². The Labute approximate surface area is 333 Å². The van der Waals surface area contributed by atoms with Crippen LogP contribution in [0.5, 0.6) is 11.5 Å². The summed E-state index contributed by atoms with van der Waals surface area (Å²) in [6.07, 6.45) is 12.6. The van der Waals surface area contributed by atoms with Crippen molar-refractivity contribution in [2.75, 3.05) is 16.5 Å². The Bertz CT molecular complexity index is 2770. The molecule has 4 fully saturated rings. The van der Waals surface area contributed by atoms with E-state index in [0.29, 0.717) is 24.3 Å². The number of para-hydroxylation sites is 4. The van der Waals surface area contributed by atoms with Gasteiger partial charge in [-0.05, 0) is 121 Å². The molecule has 0 spiro atoms. The molecule has 0 saturated heterocycles. The fourth-order valence-electron chi connectivity index (χ4n) is 11.8. The smallest absolute Gasteiger partial charge is 0.147 e. The lowest BCUT2D eigenvalue weighted by molar-refractivity contribution is -0.0418. The van der Waals surface area contributed by atoms with Crippen LogP contribution in [0.1, 0.15) is 43.2 Å². The van der Waals surface area contributed by atoms with Crippen LogP contribution in [0.2, 0.25) is 0 Å². The van der Waals surface area contributed by atoms with Crippen LogP contribution in [0.25, 0.3) is 27.6 Å². The zero-order valence-electron chi connectivity index (χ0n) is 31.8. The van der Waals surface area contributed by atoms with Crippen molar-refractivity contribution in [2.45, 2.75) is 37.5 Å². The number of nitrogens with zero attached hydrogens (tertiary/aromatic N) is 5. The number of ether oxygens (including phenoxy) is 1. The lowest BCUT2D eigenvalue weighted by atomic mass is 9.42. The van der Waals surface area contributed by atoms with E-state index in [4.69, 9.17) is 9.72 Å². The summed E-state index contributed by atoms with van der Waals surface area (Å²) in [4.78, 5) is 14.4. The lowest BCUT2D eigenvalue weighted by Gasteiger charge is -2.62. The maximum absolute atomic E-state index is 6.69. The summed E-state index contributed by atoms with van der Waals surface area (Å²) in [6, 6.07) is 52.6. The molecule has 6 heteroatoms. The van der Waals surface area contributed by atoms with Gasteiger partial charge in [0.1, 0.15) is 24.0 Å². The lowest BCUT2D eigenvalue weighted by Crippen LogP contribution is -2.56. The Morgan fingerprint density at radius 1 is 0.526 bits per heavy atom. The van der Waals surface area contributed by atoms with Crippen LogP contribution in [0.3, 0.4) is 0 Å². The topological polar surface area (TPSA) is 46.4 Å². The Kier molecular flexibility index (Phi) is 7.38. The normalized spacial score (nSPS) is 23.4. The van der Waals surface area contributed by atoms with Crippen LogP contribution in [-0.2, 0) is 5.41 Å². The predicted octanol–water partition coefficient (Wildman–Crippen LogP) is 12.4. The second kappa shape index (κ2) is 12.8. The van der Waals surface area contributed by atoms with Gasteiger partial charge in [0.05, 0.1) is 40.5 Å². The molecule has 1 aliphatic heterocycles. The number of benzene rings is 5. The number of hydrogen-bond acceptors (Lipinski definition) is 5. The summed E-state index contributed by atoms with van der Waals surface area (Å²) in [5.41, 5.74) is 9.58. The average molecular weight is 742 g/mol. The van der Waals surface area contributed by atoms with Crippen LogP contribution >= 0.6 is 0 Å². The molecule has 0 radical (unpaired) electrons. The minimum atomic E-state index is 0.00536. The second-order valence-electron chi connectivity index (χ2n) is 16.8. The predicted molar refractivity (Wildman–Crippen MR) is 229 cm³/mol. The Morgan fingerprint density at radius 3 is 1.96 bits per heavy atom. The van der Waals surface area contributed by atoms with Gasteiger partial charge in [-0.2, -0.15) is 0 Å². The highest BCUT2D eigenvalue weighted by molar-refractivity contribution is 6.09. The third-order valence-electron chi connectivity index (χ3n) is 13.8. The molecule has 4 bridgehead atoms. The molecule has 4 saturated carbocycles. The molecule has 8 aromatic rings. The van der Waals surface area contributed by atoms with Gasteiger partial charge < -0.3 is 14.5 Å². The molecule has 0 atom stereocenters. The molecule has 4 heterocycles. The standard InChI is InChI=1S/C51H43N5O/c1-3-11-36(12-4-1)51(38-24-34-23-35(26-38)27-39(51)25-34)37-21-22-53-50(28-37)56-46-16-8-7-15-44(46)45-20-19-42(30-49(45)56)57-43-29-41(31-52-32-43)55-33-54(40-13-5-2-6-14-40)47-17-9-10-18-48(47)55/h1-22,28-32,34-35,38-39H,23-27,33H2. The molecular formula is C51H43N5O. The van der Waals surface area contributed by atoms with Crippen LogP contribution < -0.4 is 14.5 Å². The third-order valence-corrected chi connectivity index (χ3v) is 13.8. The minimum absolute atomic E-state index is 0.00536. The number of anilines is 4. The van der Waals surface area contributed by atoms with Crippen LogP contribution in [0.15, 0.2) is 164 Å². The van der Waals surface area contributed by atoms with Crippen molar-refractivity contribution >= 4 is 44.6 Å². The molecule has 6 nitrogen and oxygen atoms in total. The Morgan fingerprint density at radius 2 is 1.19 bits per heavy atom. The van der Waals surface area contributed by atoms with Crippen LogP contribution in [-0.4, -0.2) is 21.2 Å². The van der Waals surface area contributed by atoms with Crippen molar-refractivity contribution in [1.29, 1.82) is 0 Å². The summed E-state index contributed by atoms with van der Waals surface area (Å²) in [5.74, 6) is 5.49. The Hall–Kier alpha value is -6.40. The van der Waals surface area contributed by atoms with E-state index in [0.717, 1.165) is 51.5 Å². The molecule has 5 aromatic carbocycles. The van der Waals surface area contributed by atoms with Gasteiger partial charge in [0, 0.05) is 40.2 Å². The first-order valence-electron chi connectivity index (χ1n) is 20.6. The molecule has 278 valence electrons. The minimum Gasteiger partial charge on any atom is -0.456 e. The number of aromatic nitrogens is 3. The van der Waals surface area contributed by atoms with E-state index in [2.05, 4.69) is 171 Å². The molecule has 3 aromatic heterocycles. The monoisotopic (exact) mass is 741 g/mol. The van der Waals surface area contributed by atoms with Gasteiger partial charge in [-0.25, -0.2) is 4.98 Å². The van der Waals surface area contributed by atoms with Crippen molar-refractivity contribution < 1.29 is 4.74 Å². The largest absolute Gasteiger partial charge is 0.456 e. The highest BCUT2D eigenvalue weighted by Crippen LogP contribution is 2.65. The molecule has 5 aliphatic rings. The maximum Gasteiger partial charge on any atom is 0.147 e. The number of fused-ring (bicyclic) bond motifs is 4. The van der Waals surface area contributed by atoms with Crippen LogP contribution in [0.4, 0.5) is 22.7 Å². The average Bonchev–Trinajstić information content (AvgIpc) is 3.81. The van der Waals surface area contributed by atoms with Gasteiger partial charge in [0.25, 0.3) is 0 Å². The van der Waals surface area contributed by atoms with E-state index in [-0.39, 0.29) is 5.41 Å². The zero-order valence-corrected chi connectivity index (χ0v) is 31.8. The summed E-state index contributed by atoms with van der Waals surface area (Å²) in [5, 5.41) is 2.39. The van der Waals surface area contributed by atoms with E-state index in [1.54, 1.807) is 6.20 Å². The first-order chi connectivity index (χ1) is 28.2. The fraction of sp³-hybridized carbons (Fsp3) is 0.216. The second-order valence-corrected chi connectivity index (χ2v) is 16.8. The molecule has 0 unspecified atom stereocenters. The molecule has 0 amide bonds. The number of rotatable bonds is 7. The van der Waals surface area contributed by atoms with Gasteiger partial charge in [-0.3, -0.25) is 9.55 Å². The maximum atomic E-state index is 6.69. The van der Waals surface area contributed by atoms with Crippen molar-refractivity contribution in [1.82, 2.24) is 14.5 Å². The van der Waals surface area contributed by atoms with Crippen molar-refractivity contribution in [2.24, 2.45) is 23.7 Å². The summed E-state index contributed by atoms with van der Waals surface area (Å²) < 4.78 is 9.04. The highest BCUT2D eigenvalue weighted by Gasteiger charge is 2.58. The van der Waals surface area contributed by atoms with Gasteiger partial charge in [-0.1, -0.05) is 78.9 Å². The van der Waals surface area contributed by atoms with Crippen molar-refractivity contribution in [3.63, 3.8) is 0 Å². The summed E-state index contributed by atoms with van der Waals surface area (Å²) >= 11 is 0. The van der Waals surface area contributed by atoms with Gasteiger partial charge in [0.15, 0.2) is 0 Å². The quantitative estimate of drug-likeness (QED) is 0.163. The van der Waals surface area contributed by atoms with Crippen molar-refractivity contribution in [3.8, 4) is 17.3 Å². The molecule has 13 rings (SSSR count).